The van der Waals surface area contributed by atoms with E-state index in [0.717, 1.165) is 23.1 Å². The minimum atomic E-state index is -0.853. The Morgan fingerprint density at radius 3 is 2.62 bits per heavy atom. The quantitative estimate of drug-likeness (QED) is 0.626. The first-order valence-corrected chi connectivity index (χ1v) is 7.14. The van der Waals surface area contributed by atoms with Crippen LogP contribution in [0.25, 0.3) is 0 Å². The molecule has 0 radical (unpaired) electrons. The van der Waals surface area contributed by atoms with Crippen molar-refractivity contribution in [3.05, 3.63) is 55.8 Å². The predicted molar refractivity (Wildman–Crippen MR) is 84.9 cm³/mol. The van der Waals surface area contributed by atoms with E-state index >= 15 is 0 Å². The second-order valence-electron chi connectivity index (χ2n) is 4.77. The second-order valence-corrected chi connectivity index (χ2v) is 5.20. The number of carbonyl (C=O) groups is 1. The van der Waals surface area contributed by atoms with E-state index < -0.39 is 21.8 Å². The first kappa shape index (κ1) is 17.3. The van der Waals surface area contributed by atoms with Gasteiger partial charge in [0, 0.05) is 11.1 Å². The molecule has 1 amide bonds. The Morgan fingerprint density at radius 2 is 2.08 bits per heavy atom. The van der Waals surface area contributed by atoms with Crippen molar-refractivity contribution in [2.24, 2.45) is 0 Å². The smallest absolute Gasteiger partial charge is 0.307 e. The highest BCUT2D eigenvalue weighted by atomic mass is 35.5. The number of hydrogen-bond acceptors (Lipinski definition) is 6. The summed E-state index contributed by atoms with van der Waals surface area (Å²) in [7, 11) is 0. The van der Waals surface area contributed by atoms with Gasteiger partial charge in [0.05, 0.1) is 9.85 Å². The lowest BCUT2D eigenvalue weighted by Crippen LogP contribution is -2.26. The van der Waals surface area contributed by atoms with Gasteiger partial charge in [0.15, 0.2) is 0 Å². The molecule has 1 aromatic carbocycles. The van der Waals surface area contributed by atoms with Crippen LogP contribution in [0.5, 0.6) is 0 Å². The molecule has 1 aromatic heterocycles. The van der Waals surface area contributed by atoms with Crippen molar-refractivity contribution < 1.29 is 14.6 Å². The first-order valence-electron chi connectivity index (χ1n) is 6.76. The van der Waals surface area contributed by atoms with Gasteiger partial charge in [-0.25, -0.2) is 0 Å². The highest BCUT2D eigenvalue weighted by molar-refractivity contribution is 6.31. The van der Waals surface area contributed by atoms with Crippen molar-refractivity contribution in [3.8, 4) is 0 Å². The normalized spacial score (nSPS) is 11.8. The van der Waals surface area contributed by atoms with Gasteiger partial charge in [0.2, 0.25) is 5.91 Å². The number of amides is 1. The summed E-state index contributed by atoms with van der Waals surface area (Å²) in [5, 5.41) is 28.1. The van der Waals surface area contributed by atoms with E-state index in [4.69, 9.17) is 11.6 Å². The minimum absolute atomic E-state index is 0.0190. The topological polar surface area (TPSA) is 133 Å². The van der Waals surface area contributed by atoms with Crippen LogP contribution in [-0.2, 0) is 4.79 Å². The zero-order valence-electron chi connectivity index (χ0n) is 12.4. The third-order valence-corrected chi connectivity index (χ3v) is 3.46. The molecular weight excluding hydrogens is 342 g/mol. The standard InChI is InChI=1S/C13H12ClN5O5/c1-2-11(17-7-9(6-15-17)18(21)22)13(20)16-10-4-3-8(14)5-12(10)19(23)24/h3-7,11H,2H2,1H3,(H,16,20). The van der Waals surface area contributed by atoms with Gasteiger partial charge in [-0.2, -0.15) is 5.10 Å². The fraction of sp³-hybridized carbons (Fsp3) is 0.231. The Kier molecular flexibility index (Phi) is 5.09. The van der Waals surface area contributed by atoms with Crippen LogP contribution in [0.1, 0.15) is 19.4 Å². The van der Waals surface area contributed by atoms with Gasteiger partial charge in [0.25, 0.3) is 5.69 Å². The maximum atomic E-state index is 12.4. The number of rotatable bonds is 6. The Morgan fingerprint density at radius 1 is 1.38 bits per heavy atom. The molecule has 126 valence electrons. The SMILES string of the molecule is CCC(C(=O)Nc1ccc(Cl)cc1[N+](=O)[O-])n1cc([N+](=O)[O-])cn1. The van der Waals surface area contributed by atoms with E-state index in [1.54, 1.807) is 6.92 Å². The molecule has 10 nitrogen and oxygen atoms in total. The zero-order chi connectivity index (χ0) is 17.9. The molecule has 2 rings (SSSR count). The molecular formula is C13H12ClN5O5. The molecule has 0 aliphatic rings. The van der Waals surface area contributed by atoms with Crippen molar-refractivity contribution in [2.45, 2.75) is 19.4 Å². The van der Waals surface area contributed by atoms with Gasteiger partial charge in [0.1, 0.15) is 24.1 Å². The highest BCUT2D eigenvalue weighted by Gasteiger charge is 2.24. The number of halogens is 1. The number of benzene rings is 1. The molecule has 1 atom stereocenters. The lowest BCUT2D eigenvalue weighted by atomic mass is 10.2. The summed E-state index contributed by atoms with van der Waals surface area (Å²) < 4.78 is 1.15. The number of hydrogen-bond donors (Lipinski definition) is 1. The van der Waals surface area contributed by atoms with E-state index in [1.807, 2.05) is 0 Å². The van der Waals surface area contributed by atoms with E-state index in [2.05, 4.69) is 10.4 Å². The van der Waals surface area contributed by atoms with Gasteiger partial charge in [-0.15, -0.1) is 0 Å². The lowest BCUT2D eigenvalue weighted by molar-refractivity contribution is -0.385. The van der Waals surface area contributed by atoms with E-state index in [1.165, 1.54) is 12.1 Å². The first-order chi connectivity index (χ1) is 11.3. The summed E-state index contributed by atoms with van der Waals surface area (Å²) in [5.74, 6) is -0.582. The van der Waals surface area contributed by atoms with Crippen molar-refractivity contribution in [1.29, 1.82) is 0 Å². The van der Waals surface area contributed by atoms with Crippen molar-refractivity contribution in [2.75, 3.05) is 5.32 Å². The minimum Gasteiger partial charge on any atom is -0.318 e. The molecule has 2 aromatic rings. The summed E-state index contributed by atoms with van der Waals surface area (Å²) in [6.07, 6.45) is 2.44. The van der Waals surface area contributed by atoms with Crippen LogP contribution >= 0.6 is 11.6 Å². The Labute approximate surface area is 140 Å². The van der Waals surface area contributed by atoms with Crippen molar-refractivity contribution in [1.82, 2.24) is 9.78 Å². The number of aromatic nitrogens is 2. The molecule has 0 aliphatic carbocycles. The second kappa shape index (κ2) is 7.04. The number of carbonyl (C=O) groups excluding carboxylic acids is 1. The van der Waals surface area contributed by atoms with Crippen LogP contribution in [-0.4, -0.2) is 25.5 Å². The molecule has 24 heavy (non-hydrogen) atoms. The Balaban J connectivity index is 2.26. The maximum Gasteiger partial charge on any atom is 0.307 e. The number of nitro benzene ring substituents is 1. The molecule has 0 aliphatic heterocycles. The summed E-state index contributed by atoms with van der Waals surface area (Å²) in [4.78, 5) is 32.8. The van der Waals surface area contributed by atoms with Crippen LogP contribution in [0.3, 0.4) is 0 Å². The molecule has 0 saturated heterocycles. The predicted octanol–water partition coefficient (Wildman–Crippen LogP) is 2.94. The Hall–Kier alpha value is -3.01. The molecule has 1 N–H and O–H groups in total. The molecule has 0 fully saturated rings. The molecule has 1 heterocycles. The van der Waals surface area contributed by atoms with Gasteiger partial charge in [-0.05, 0) is 18.6 Å². The van der Waals surface area contributed by atoms with Gasteiger partial charge in [-0.1, -0.05) is 18.5 Å². The molecule has 1 unspecified atom stereocenters. The van der Waals surface area contributed by atoms with Gasteiger partial charge in [-0.3, -0.25) is 29.7 Å². The summed E-state index contributed by atoms with van der Waals surface area (Å²) in [6, 6.07) is 2.99. The highest BCUT2D eigenvalue weighted by Crippen LogP contribution is 2.29. The molecule has 11 heteroatoms. The zero-order valence-corrected chi connectivity index (χ0v) is 13.1. The summed E-state index contributed by atoms with van der Waals surface area (Å²) in [5.41, 5.74) is -0.620. The summed E-state index contributed by atoms with van der Waals surface area (Å²) in [6.45, 7) is 1.69. The molecule has 0 bridgehead atoms. The Bertz CT molecular complexity index is 806. The van der Waals surface area contributed by atoms with Gasteiger partial charge >= 0.3 is 5.69 Å². The maximum absolute atomic E-state index is 12.4. The van der Waals surface area contributed by atoms with Gasteiger partial charge < -0.3 is 5.32 Å². The monoisotopic (exact) mass is 353 g/mol. The van der Waals surface area contributed by atoms with Crippen LogP contribution < -0.4 is 5.32 Å². The van der Waals surface area contributed by atoms with Crippen LogP contribution in [0, 0.1) is 20.2 Å². The van der Waals surface area contributed by atoms with E-state index in [0.29, 0.717) is 0 Å². The van der Waals surface area contributed by atoms with E-state index in [-0.39, 0.29) is 28.5 Å². The fourth-order valence-electron chi connectivity index (χ4n) is 2.06. The summed E-state index contributed by atoms with van der Waals surface area (Å²) >= 11 is 5.72. The number of nitrogens with one attached hydrogen (secondary N) is 1. The molecule has 0 spiro atoms. The van der Waals surface area contributed by atoms with Crippen molar-refractivity contribution in [3.63, 3.8) is 0 Å². The lowest BCUT2D eigenvalue weighted by Gasteiger charge is -2.15. The number of nitro groups is 2. The fourth-order valence-corrected chi connectivity index (χ4v) is 2.23. The number of anilines is 1. The average molecular weight is 354 g/mol. The largest absolute Gasteiger partial charge is 0.318 e. The molecule has 0 saturated carbocycles. The third kappa shape index (κ3) is 3.66. The van der Waals surface area contributed by atoms with Crippen LogP contribution in [0.15, 0.2) is 30.6 Å². The van der Waals surface area contributed by atoms with Crippen molar-refractivity contribution >= 4 is 34.6 Å². The van der Waals surface area contributed by atoms with E-state index in [9.17, 15) is 25.0 Å². The number of nitrogens with zero attached hydrogens (tertiary/aromatic N) is 4. The van der Waals surface area contributed by atoms with Crippen LogP contribution in [0.2, 0.25) is 5.02 Å². The average Bonchev–Trinajstić information content (AvgIpc) is 2.99. The van der Waals surface area contributed by atoms with Crippen LogP contribution in [0.4, 0.5) is 17.1 Å². The third-order valence-electron chi connectivity index (χ3n) is 3.22.